The summed E-state index contributed by atoms with van der Waals surface area (Å²) in [5.74, 6) is 0. The minimum absolute atomic E-state index is 0. The summed E-state index contributed by atoms with van der Waals surface area (Å²) in [5.41, 5.74) is 8.87. The Hall–Kier alpha value is -4.02. The van der Waals surface area contributed by atoms with Crippen molar-refractivity contribution in [2.45, 2.75) is 39.0 Å². The molecule has 0 fully saturated rings. The third-order valence-corrected chi connectivity index (χ3v) is 8.43. The van der Waals surface area contributed by atoms with Gasteiger partial charge in [0.05, 0.1) is 17.1 Å². The molecule has 6 heterocycles. The second-order valence-corrected chi connectivity index (χ2v) is 11.3. The van der Waals surface area contributed by atoms with Gasteiger partial charge < -0.3 is 15.0 Å². The lowest BCUT2D eigenvalue weighted by Crippen LogP contribution is -2.30. The van der Waals surface area contributed by atoms with Crippen molar-refractivity contribution in [1.29, 1.82) is 0 Å². The van der Waals surface area contributed by atoms with Gasteiger partial charge in [-0.15, -0.1) is 12.4 Å². The fourth-order valence-electron chi connectivity index (χ4n) is 6.11. The number of H-pyrrole nitrogens is 3. The maximum atomic E-state index is 12.0. The highest BCUT2D eigenvalue weighted by Gasteiger charge is 2.24. The van der Waals surface area contributed by atoms with Crippen LogP contribution in [0.2, 0.25) is 5.15 Å². The molecule has 0 saturated heterocycles. The van der Waals surface area contributed by atoms with Gasteiger partial charge in [0.1, 0.15) is 22.8 Å². The first-order valence-electron chi connectivity index (χ1n) is 14.2. The van der Waals surface area contributed by atoms with E-state index in [4.69, 9.17) is 11.6 Å². The van der Waals surface area contributed by atoms with Crippen molar-refractivity contribution in [3.63, 3.8) is 0 Å². The Morgan fingerprint density at radius 2 is 1.26 bits per heavy atom. The SMILES string of the molecule is Cl.Clc1ncnc2[nH]c3c(c12)CN(Cc1ccccc1)CC3.O=c1[nH]cnc2[nH]c3c(c12)CN(Cc1ccccc1)CC3. The predicted molar refractivity (Wildman–Crippen MR) is 171 cm³/mol. The third-order valence-electron chi connectivity index (χ3n) is 8.14. The van der Waals surface area contributed by atoms with Gasteiger partial charge in [0.25, 0.3) is 5.56 Å². The van der Waals surface area contributed by atoms with Crippen LogP contribution >= 0.6 is 24.0 Å². The smallest absolute Gasteiger partial charge is 0.260 e. The molecular weight excluding hydrogens is 583 g/mol. The number of nitrogens with one attached hydrogen (secondary N) is 3. The first-order chi connectivity index (χ1) is 20.6. The van der Waals surface area contributed by atoms with Crippen molar-refractivity contribution in [2.24, 2.45) is 0 Å². The molecule has 0 bridgehead atoms. The van der Waals surface area contributed by atoms with Gasteiger partial charge in [0.15, 0.2) is 0 Å². The molecule has 6 aromatic rings. The molecule has 43 heavy (non-hydrogen) atoms. The van der Waals surface area contributed by atoms with Crippen LogP contribution in [0.1, 0.15) is 33.6 Å². The molecular formula is C32H32Cl2N8O. The second-order valence-electron chi connectivity index (χ2n) is 10.9. The molecule has 0 atom stereocenters. The van der Waals surface area contributed by atoms with E-state index in [0.717, 1.165) is 74.4 Å². The lowest BCUT2D eigenvalue weighted by atomic mass is 10.0. The molecule has 0 radical (unpaired) electrons. The number of nitrogens with zero attached hydrogens (tertiary/aromatic N) is 5. The summed E-state index contributed by atoms with van der Waals surface area (Å²) in [6.07, 6.45) is 4.88. The molecule has 2 aliphatic rings. The topological polar surface area (TPSA) is 110 Å². The summed E-state index contributed by atoms with van der Waals surface area (Å²) in [6.45, 7) is 5.58. The molecule has 3 N–H and O–H groups in total. The van der Waals surface area contributed by atoms with Crippen LogP contribution < -0.4 is 5.56 Å². The third kappa shape index (κ3) is 6.07. The Morgan fingerprint density at radius 3 is 1.84 bits per heavy atom. The van der Waals surface area contributed by atoms with Crippen LogP contribution in [0, 0.1) is 0 Å². The van der Waals surface area contributed by atoms with Crippen LogP contribution in [0.3, 0.4) is 0 Å². The van der Waals surface area contributed by atoms with Crippen molar-refractivity contribution in [3.05, 3.63) is 122 Å². The van der Waals surface area contributed by atoms with E-state index in [1.54, 1.807) is 0 Å². The first-order valence-corrected chi connectivity index (χ1v) is 14.6. The number of aromatic amines is 3. The minimum atomic E-state index is -0.0564. The fraction of sp³-hybridized carbons (Fsp3) is 0.250. The average Bonchev–Trinajstić information content (AvgIpc) is 3.58. The Morgan fingerprint density at radius 1 is 0.721 bits per heavy atom. The van der Waals surface area contributed by atoms with E-state index in [-0.39, 0.29) is 18.0 Å². The van der Waals surface area contributed by atoms with Gasteiger partial charge in [0.2, 0.25) is 0 Å². The number of benzene rings is 2. The zero-order valence-corrected chi connectivity index (χ0v) is 25.1. The van der Waals surface area contributed by atoms with Crippen LogP contribution in [-0.2, 0) is 39.0 Å². The number of hydrogen-bond acceptors (Lipinski definition) is 6. The van der Waals surface area contributed by atoms with Gasteiger partial charge in [-0.05, 0) is 16.7 Å². The molecule has 0 spiro atoms. The van der Waals surface area contributed by atoms with E-state index in [2.05, 4.69) is 94.3 Å². The van der Waals surface area contributed by atoms with Crippen molar-refractivity contribution >= 4 is 46.1 Å². The van der Waals surface area contributed by atoms with Crippen LogP contribution in [0.4, 0.5) is 0 Å². The summed E-state index contributed by atoms with van der Waals surface area (Å²) >= 11 is 6.25. The standard InChI is InChI=1S/C16H15ClN4.C16H16N4O.ClH/c17-15-14-12-9-21(8-11-4-2-1-3-5-11)7-6-13(12)20-16(14)19-10-18-15;21-16-14-12-9-20(8-11-4-2-1-3-5-11)7-6-13(12)19-15(14)17-10-18-16;/h1-5,10H,6-9H2,(H,18,19,20);1-5,10H,6-9H2,(H2,17,18,19,21);1H. The van der Waals surface area contributed by atoms with E-state index in [0.29, 0.717) is 16.2 Å². The van der Waals surface area contributed by atoms with Crippen LogP contribution in [0.25, 0.3) is 22.1 Å². The Kier molecular flexibility index (Phi) is 8.58. The van der Waals surface area contributed by atoms with E-state index in [9.17, 15) is 4.79 Å². The maximum Gasteiger partial charge on any atom is 0.260 e. The van der Waals surface area contributed by atoms with E-state index >= 15 is 0 Å². The molecule has 0 aliphatic carbocycles. The van der Waals surface area contributed by atoms with Crippen molar-refractivity contribution in [3.8, 4) is 0 Å². The molecule has 0 unspecified atom stereocenters. The average molecular weight is 616 g/mol. The highest BCUT2D eigenvalue weighted by molar-refractivity contribution is 6.34. The van der Waals surface area contributed by atoms with Crippen molar-refractivity contribution in [2.75, 3.05) is 13.1 Å². The molecule has 0 saturated carbocycles. The Balaban J connectivity index is 0.000000150. The van der Waals surface area contributed by atoms with E-state index < -0.39 is 0 Å². The Bertz CT molecular complexity index is 1900. The summed E-state index contributed by atoms with van der Waals surface area (Å²) < 4.78 is 0. The summed E-state index contributed by atoms with van der Waals surface area (Å²) in [5, 5.41) is 2.23. The van der Waals surface area contributed by atoms with Gasteiger partial charge >= 0.3 is 0 Å². The second kappa shape index (κ2) is 12.7. The highest BCUT2D eigenvalue weighted by atomic mass is 35.5. The normalized spacial score (nSPS) is 14.9. The van der Waals surface area contributed by atoms with Gasteiger partial charge in [-0.25, -0.2) is 15.0 Å². The molecule has 0 amide bonds. The van der Waals surface area contributed by atoms with E-state index in [1.165, 1.54) is 35.0 Å². The van der Waals surface area contributed by atoms with Crippen LogP contribution in [-0.4, -0.2) is 52.8 Å². The number of rotatable bonds is 4. The zero-order valence-electron chi connectivity index (χ0n) is 23.5. The zero-order chi connectivity index (χ0) is 28.5. The molecule has 2 aliphatic heterocycles. The van der Waals surface area contributed by atoms with Gasteiger partial charge in [0, 0.05) is 69.1 Å². The molecule has 8 rings (SSSR count). The minimum Gasteiger partial charge on any atom is -0.343 e. The maximum absolute atomic E-state index is 12.0. The van der Waals surface area contributed by atoms with Gasteiger partial charge in [-0.3, -0.25) is 14.6 Å². The lowest BCUT2D eigenvalue weighted by Gasteiger charge is -2.27. The quantitative estimate of drug-likeness (QED) is 0.229. The van der Waals surface area contributed by atoms with E-state index in [1.807, 2.05) is 6.07 Å². The molecule has 9 nitrogen and oxygen atoms in total. The summed E-state index contributed by atoms with van der Waals surface area (Å²) in [7, 11) is 0. The number of fused-ring (bicyclic) bond motifs is 6. The highest BCUT2D eigenvalue weighted by Crippen LogP contribution is 2.31. The summed E-state index contributed by atoms with van der Waals surface area (Å²) in [4.78, 5) is 38.8. The monoisotopic (exact) mass is 614 g/mol. The van der Waals surface area contributed by atoms with Crippen LogP contribution in [0.5, 0.6) is 0 Å². The largest absolute Gasteiger partial charge is 0.343 e. The van der Waals surface area contributed by atoms with Crippen LogP contribution in [0.15, 0.2) is 78.1 Å². The molecule has 4 aromatic heterocycles. The van der Waals surface area contributed by atoms with Gasteiger partial charge in [-0.1, -0.05) is 72.3 Å². The summed E-state index contributed by atoms with van der Waals surface area (Å²) in [6, 6.07) is 21.0. The number of hydrogen-bond donors (Lipinski definition) is 3. The first kappa shape index (κ1) is 29.1. The molecule has 11 heteroatoms. The Labute approximate surface area is 259 Å². The van der Waals surface area contributed by atoms with Crippen molar-refractivity contribution < 1.29 is 0 Å². The fourth-order valence-corrected chi connectivity index (χ4v) is 6.36. The van der Waals surface area contributed by atoms with Crippen molar-refractivity contribution in [1.82, 2.24) is 39.7 Å². The van der Waals surface area contributed by atoms with Gasteiger partial charge in [-0.2, -0.15) is 0 Å². The predicted octanol–water partition coefficient (Wildman–Crippen LogP) is 5.40. The lowest BCUT2D eigenvalue weighted by molar-refractivity contribution is 0.245. The molecule has 220 valence electrons. The number of aromatic nitrogens is 6. The number of halogens is 2. The molecule has 2 aromatic carbocycles.